The zero-order valence-corrected chi connectivity index (χ0v) is 11.2. The molecular formula is C15H20N2O2. The molecule has 1 aliphatic heterocycles. The molecule has 2 fully saturated rings. The van der Waals surface area contributed by atoms with Gasteiger partial charge >= 0.3 is 0 Å². The van der Waals surface area contributed by atoms with E-state index in [9.17, 15) is 4.79 Å². The number of carbonyl (C=O) groups excluding carboxylic acids is 1. The van der Waals surface area contributed by atoms with Crippen molar-refractivity contribution in [2.45, 2.75) is 38.3 Å². The molecule has 4 nitrogen and oxygen atoms in total. The number of benzene rings is 1. The summed E-state index contributed by atoms with van der Waals surface area (Å²) in [5, 5.41) is 3.12. The van der Waals surface area contributed by atoms with Gasteiger partial charge in [-0.25, -0.2) is 0 Å². The van der Waals surface area contributed by atoms with E-state index in [0.29, 0.717) is 17.2 Å². The van der Waals surface area contributed by atoms with E-state index in [-0.39, 0.29) is 18.1 Å². The highest BCUT2D eigenvalue weighted by Crippen LogP contribution is 2.38. The number of nitrogens with one attached hydrogen (secondary N) is 1. The topological polar surface area (TPSA) is 64.4 Å². The lowest BCUT2D eigenvalue weighted by molar-refractivity contribution is 0.0729. The lowest BCUT2D eigenvalue weighted by Gasteiger charge is -2.20. The lowest BCUT2D eigenvalue weighted by atomic mass is 10.0. The summed E-state index contributed by atoms with van der Waals surface area (Å²) in [6, 6.07) is 5.60. The maximum absolute atomic E-state index is 12.3. The van der Waals surface area contributed by atoms with E-state index in [4.69, 9.17) is 10.5 Å². The third-order valence-electron chi connectivity index (χ3n) is 4.05. The fourth-order valence-corrected chi connectivity index (χ4v) is 2.79. The Balaban J connectivity index is 1.72. The summed E-state index contributed by atoms with van der Waals surface area (Å²) in [4.78, 5) is 12.3. The number of amides is 1. The fraction of sp³-hybridized carbons (Fsp3) is 0.533. The Bertz CT molecular complexity index is 497. The predicted octanol–water partition coefficient (Wildman–Crippen LogP) is 1.87. The highest BCUT2D eigenvalue weighted by Gasteiger charge is 2.41. The number of anilines is 1. The van der Waals surface area contributed by atoms with Gasteiger partial charge in [-0.3, -0.25) is 4.79 Å². The molecule has 1 aromatic carbocycles. The van der Waals surface area contributed by atoms with Crippen molar-refractivity contribution < 1.29 is 9.53 Å². The maximum atomic E-state index is 12.3. The van der Waals surface area contributed by atoms with Gasteiger partial charge in [-0.15, -0.1) is 0 Å². The van der Waals surface area contributed by atoms with Crippen molar-refractivity contribution in [3.05, 3.63) is 29.3 Å². The van der Waals surface area contributed by atoms with Gasteiger partial charge in [0.05, 0.1) is 12.1 Å². The number of carbonyl (C=O) groups is 1. The Morgan fingerprint density at radius 3 is 2.89 bits per heavy atom. The zero-order chi connectivity index (χ0) is 13.4. The van der Waals surface area contributed by atoms with Crippen LogP contribution in [0, 0.1) is 12.8 Å². The average molecular weight is 260 g/mol. The van der Waals surface area contributed by atoms with Gasteiger partial charge in [0, 0.05) is 17.9 Å². The van der Waals surface area contributed by atoms with E-state index in [2.05, 4.69) is 5.32 Å². The number of rotatable bonds is 3. The van der Waals surface area contributed by atoms with Crippen LogP contribution in [0.2, 0.25) is 0 Å². The van der Waals surface area contributed by atoms with Gasteiger partial charge in [-0.1, -0.05) is 6.07 Å². The lowest BCUT2D eigenvalue weighted by Crippen LogP contribution is -2.41. The molecule has 19 heavy (non-hydrogen) atoms. The minimum atomic E-state index is -0.0362. The number of hydrogen-bond donors (Lipinski definition) is 2. The Labute approximate surface area is 113 Å². The van der Waals surface area contributed by atoms with E-state index < -0.39 is 0 Å². The average Bonchev–Trinajstić information content (AvgIpc) is 3.13. The van der Waals surface area contributed by atoms with Crippen LogP contribution in [0.3, 0.4) is 0 Å². The highest BCUT2D eigenvalue weighted by atomic mass is 16.5. The Morgan fingerprint density at radius 2 is 2.16 bits per heavy atom. The third-order valence-corrected chi connectivity index (χ3v) is 4.05. The van der Waals surface area contributed by atoms with Crippen molar-refractivity contribution >= 4 is 11.6 Å². The molecule has 1 saturated carbocycles. The molecule has 102 valence electrons. The van der Waals surface area contributed by atoms with Crippen molar-refractivity contribution in [1.82, 2.24) is 5.32 Å². The first kappa shape index (κ1) is 12.5. The van der Waals surface area contributed by atoms with E-state index in [1.165, 1.54) is 12.8 Å². The van der Waals surface area contributed by atoms with Crippen LogP contribution in [-0.2, 0) is 4.74 Å². The first-order chi connectivity index (χ1) is 9.15. The molecule has 0 aromatic heterocycles. The molecule has 0 spiro atoms. The molecule has 3 rings (SSSR count). The quantitative estimate of drug-likeness (QED) is 0.815. The van der Waals surface area contributed by atoms with Crippen molar-refractivity contribution in [2.24, 2.45) is 5.92 Å². The van der Waals surface area contributed by atoms with Gasteiger partial charge in [0.15, 0.2) is 0 Å². The molecule has 4 heteroatoms. The number of nitrogens with two attached hydrogens (primary N) is 1. The summed E-state index contributed by atoms with van der Waals surface area (Å²) >= 11 is 0. The van der Waals surface area contributed by atoms with E-state index in [1.807, 2.05) is 19.1 Å². The van der Waals surface area contributed by atoms with E-state index >= 15 is 0 Å². The second kappa shape index (κ2) is 4.85. The van der Waals surface area contributed by atoms with Crippen LogP contribution in [-0.4, -0.2) is 24.7 Å². The SMILES string of the molecule is Cc1ccc(N)cc1C(=O)NC1CCOC1C1CC1. The maximum Gasteiger partial charge on any atom is 0.251 e. The van der Waals surface area contributed by atoms with Crippen molar-refractivity contribution in [3.8, 4) is 0 Å². The summed E-state index contributed by atoms with van der Waals surface area (Å²) in [7, 11) is 0. The van der Waals surface area contributed by atoms with E-state index in [0.717, 1.165) is 18.6 Å². The van der Waals surface area contributed by atoms with Crippen molar-refractivity contribution in [2.75, 3.05) is 12.3 Å². The van der Waals surface area contributed by atoms with Gasteiger partial charge < -0.3 is 15.8 Å². The van der Waals surface area contributed by atoms with Crippen LogP contribution in [0.5, 0.6) is 0 Å². The highest BCUT2D eigenvalue weighted by molar-refractivity contribution is 5.96. The van der Waals surface area contributed by atoms with Crippen LogP contribution in [0.4, 0.5) is 5.69 Å². The molecule has 2 unspecified atom stereocenters. The normalized spacial score (nSPS) is 26.4. The van der Waals surface area contributed by atoms with Gasteiger partial charge in [0.2, 0.25) is 0 Å². The van der Waals surface area contributed by atoms with Crippen LogP contribution >= 0.6 is 0 Å². The standard InChI is InChI=1S/C15H20N2O2/c1-9-2-5-11(16)8-12(9)15(18)17-13-6-7-19-14(13)10-3-4-10/h2,5,8,10,13-14H,3-4,6-7,16H2,1H3,(H,17,18). The molecule has 1 heterocycles. The van der Waals surface area contributed by atoms with Crippen molar-refractivity contribution in [1.29, 1.82) is 0 Å². The predicted molar refractivity (Wildman–Crippen MR) is 73.9 cm³/mol. The fourth-order valence-electron chi connectivity index (χ4n) is 2.79. The van der Waals surface area contributed by atoms with Gasteiger partial charge in [-0.2, -0.15) is 0 Å². The minimum absolute atomic E-state index is 0.0362. The molecule has 2 aliphatic rings. The molecule has 0 radical (unpaired) electrons. The van der Waals surface area contributed by atoms with Crippen molar-refractivity contribution in [3.63, 3.8) is 0 Å². The van der Waals surface area contributed by atoms with Crippen LogP contribution in [0.25, 0.3) is 0 Å². The Kier molecular flexibility index (Phi) is 3.19. The second-order valence-electron chi connectivity index (χ2n) is 5.62. The zero-order valence-electron chi connectivity index (χ0n) is 11.2. The smallest absolute Gasteiger partial charge is 0.251 e. The summed E-state index contributed by atoms with van der Waals surface area (Å²) in [6.45, 7) is 2.68. The molecule has 1 aliphatic carbocycles. The summed E-state index contributed by atoms with van der Waals surface area (Å²) in [6.07, 6.45) is 3.59. The molecular weight excluding hydrogens is 240 g/mol. The number of aryl methyl sites for hydroxylation is 1. The Hall–Kier alpha value is -1.55. The molecule has 2 atom stereocenters. The molecule has 1 saturated heterocycles. The second-order valence-corrected chi connectivity index (χ2v) is 5.62. The van der Waals surface area contributed by atoms with Crippen LogP contribution in [0.15, 0.2) is 18.2 Å². The number of hydrogen-bond acceptors (Lipinski definition) is 3. The first-order valence-corrected chi connectivity index (χ1v) is 6.94. The number of nitrogen functional groups attached to an aromatic ring is 1. The number of ether oxygens (including phenoxy) is 1. The van der Waals surface area contributed by atoms with Gasteiger partial charge in [-0.05, 0) is 49.8 Å². The summed E-state index contributed by atoms with van der Waals surface area (Å²) in [5.74, 6) is 0.612. The molecule has 0 bridgehead atoms. The van der Waals surface area contributed by atoms with E-state index in [1.54, 1.807) is 6.07 Å². The largest absolute Gasteiger partial charge is 0.399 e. The monoisotopic (exact) mass is 260 g/mol. The van der Waals surface area contributed by atoms with Gasteiger partial charge in [0.25, 0.3) is 5.91 Å². The Morgan fingerprint density at radius 1 is 1.37 bits per heavy atom. The minimum Gasteiger partial charge on any atom is -0.399 e. The molecule has 1 amide bonds. The first-order valence-electron chi connectivity index (χ1n) is 6.94. The molecule has 1 aromatic rings. The third kappa shape index (κ3) is 2.59. The van der Waals surface area contributed by atoms with Gasteiger partial charge in [0.1, 0.15) is 0 Å². The summed E-state index contributed by atoms with van der Waals surface area (Å²) < 4.78 is 5.74. The molecule has 3 N–H and O–H groups in total. The van der Waals surface area contributed by atoms with Crippen LogP contribution in [0.1, 0.15) is 35.2 Å². The summed E-state index contributed by atoms with van der Waals surface area (Å²) in [5.41, 5.74) is 8.00. The van der Waals surface area contributed by atoms with Crippen LogP contribution < -0.4 is 11.1 Å².